The Labute approximate surface area is 175 Å². The van der Waals surface area contributed by atoms with Gasteiger partial charge in [0.1, 0.15) is 0 Å². The van der Waals surface area contributed by atoms with Crippen molar-refractivity contribution in [2.45, 2.75) is 62.0 Å². The number of thioether (sulfide) groups is 1. The van der Waals surface area contributed by atoms with Crippen molar-refractivity contribution in [2.75, 3.05) is 0 Å². The maximum absolute atomic E-state index is 12.5. The van der Waals surface area contributed by atoms with Crippen LogP contribution < -0.4 is 0 Å². The van der Waals surface area contributed by atoms with Crippen LogP contribution in [0.4, 0.5) is 0 Å². The molecule has 0 N–H and O–H groups in total. The van der Waals surface area contributed by atoms with E-state index >= 15 is 0 Å². The third-order valence-electron chi connectivity index (χ3n) is 4.37. The Bertz CT molecular complexity index is 687. The quantitative estimate of drug-likeness (QED) is 0.194. The van der Waals surface area contributed by atoms with Crippen LogP contribution in [0.15, 0.2) is 57.9 Å². The van der Waals surface area contributed by atoms with Crippen molar-refractivity contribution in [3.63, 3.8) is 0 Å². The van der Waals surface area contributed by atoms with Crippen LogP contribution in [0, 0.1) is 0 Å². The number of carbonyl (C=O) groups excluding carboxylic acids is 1. The highest BCUT2D eigenvalue weighted by atomic mass is 79.9. The molecule has 140 valence electrons. The van der Waals surface area contributed by atoms with Crippen LogP contribution in [-0.2, 0) is 0 Å². The highest BCUT2D eigenvalue weighted by molar-refractivity contribution is 9.10. The molecule has 0 radical (unpaired) electrons. The van der Waals surface area contributed by atoms with Gasteiger partial charge in [-0.15, -0.1) is 11.8 Å². The van der Waals surface area contributed by atoms with Crippen LogP contribution in [0.2, 0.25) is 5.02 Å². The van der Waals surface area contributed by atoms with Crippen LogP contribution in [0.3, 0.4) is 0 Å². The van der Waals surface area contributed by atoms with Gasteiger partial charge in [-0.3, -0.25) is 4.79 Å². The van der Waals surface area contributed by atoms with Crippen molar-refractivity contribution >= 4 is 45.1 Å². The molecule has 0 saturated heterocycles. The molecule has 0 bridgehead atoms. The number of ketones is 1. The summed E-state index contributed by atoms with van der Waals surface area (Å²) in [6.07, 6.45) is 7.59. The van der Waals surface area contributed by atoms with E-state index in [1.165, 1.54) is 25.7 Å². The van der Waals surface area contributed by atoms with Gasteiger partial charge in [0.25, 0.3) is 0 Å². The average molecular weight is 454 g/mol. The van der Waals surface area contributed by atoms with Gasteiger partial charge in [0.05, 0.1) is 5.02 Å². The van der Waals surface area contributed by atoms with Gasteiger partial charge in [-0.25, -0.2) is 0 Å². The zero-order chi connectivity index (χ0) is 18.8. The largest absolute Gasteiger partial charge is 0.294 e. The predicted molar refractivity (Wildman–Crippen MR) is 118 cm³/mol. The highest BCUT2D eigenvalue weighted by Crippen LogP contribution is 2.34. The minimum absolute atomic E-state index is 0.218. The minimum atomic E-state index is 0.218. The zero-order valence-electron chi connectivity index (χ0n) is 15.2. The first-order valence-corrected chi connectivity index (χ1v) is 11.3. The Hall–Kier alpha value is -0.770. The van der Waals surface area contributed by atoms with Gasteiger partial charge in [-0.1, -0.05) is 84.4 Å². The van der Waals surface area contributed by atoms with Crippen molar-refractivity contribution in [1.82, 2.24) is 0 Å². The Kier molecular flexibility index (Phi) is 9.80. The van der Waals surface area contributed by atoms with Gasteiger partial charge in [-0.2, -0.15) is 0 Å². The SMILES string of the molecule is CCCCCCC(CCC(=O)c1ccc(Br)cc1)Sc1ccccc1Cl. The first-order chi connectivity index (χ1) is 12.6. The minimum Gasteiger partial charge on any atom is -0.294 e. The Morgan fingerprint density at radius 1 is 1.04 bits per heavy atom. The number of unbranched alkanes of at least 4 members (excludes halogenated alkanes) is 3. The third kappa shape index (κ3) is 7.46. The summed E-state index contributed by atoms with van der Waals surface area (Å²) in [5.41, 5.74) is 0.792. The number of benzene rings is 2. The third-order valence-corrected chi connectivity index (χ3v) is 6.75. The van der Waals surface area contributed by atoms with E-state index in [9.17, 15) is 4.79 Å². The second kappa shape index (κ2) is 11.8. The highest BCUT2D eigenvalue weighted by Gasteiger charge is 2.15. The van der Waals surface area contributed by atoms with Crippen LogP contribution in [0.5, 0.6) is 0 Å². The van der Waals surface area contributed by atoms with Gasteiger partial charge >= 0.3 is 0 Å². The molecule has 0 aliphatic heterocycles. The Morgan fingerprint density at radius 3 is 2.46 bits per heavy atom. The first-order valence-electron chi connectivity index (χ1n) is 9.30. The smallest absolute Gasteiger partial charge is 0.162 e. The summed E-state index contributed by atoms with van der Waals surface area (Å²) in [5, 5.41) is 1.22. The van der Waals surface area contributed by atoms with Crippen molar-refractivity contribution in [2.24, 2.45) is 0 Å². The van der Waals surface area contributed by atoms with E-state index in [0.29, 0.717) is 11.7 Å². The second-order valence-electron chi connectivity index (χ2n) is 6.49. The molecule has 1 nitrogen and oxygen atoms in total. The van der Waals surface area contributed by atoms with Crippen LogP contribution >= 0.6 is 39.3 Å². The van der Waals surface area contributed by atoms with Crippen LogP contribution in [0.25, 0.3) is 0 Å². The predicted octanol–water partition coefficient (Wildman–Crippen LogP) is 8.20. The maximum atomic E-state index is 12.5. The molecule has 0 fully saturated rings. The van der Waals surface area contributed by atoms with Gasteiger partial charge in [0.2, 0.25) is 0 Å². The van der Waals surface area contributed by atoms with Gasteiger partial charge in [0.15, 0.2) is 5.78 Å². The summed E-state index contributed by atoms with van der Waals surface area (Å²) < 4.78 is 0.997. The van der Waals surface area contributed by atoms with Gasteiger partial charge in [0, 0.05) is 26.6 Å². The maximum Gasteiger partial charge on any atom is 0.162 e. The fraction of sp³-hybridized carbons (Fsp3) is 0.409. The van der Waals surface area contributed by atoms with Gasteiger partial charge < -0.3 is 0 Å². The van der Waals surface area contributed by atoms with Crippen LogP contribution in [0.1, 0.15) is 62.2 Å². The molecular formula is C22H26BrClOS. The zero-order valence-corrected chi connectivity index (χ0v) is 18.4. The van der Waals surface area contributed by atoms with Crippen molar-refractivity contribution in [3.8, 4) is 0 Å². The molecule has 26 heavy (non-hydrogen) atoms. The fourth-order valence-corrected chi connectivity index (χ4v) is 4.60. The summed E-state index contributed by atoms with van der Waals surface area (Å²) >= 11 is 11.6. The van der Waals surface area contributed by atoms with E-state index in [-0.39, 0.29) is 5.78 Å². The Balaban J connectivity index is 1.95. The normalized spacial score (nSPS) is 12.1. The molecule has 0 heterocycles. The molecule has 4 heteroatoms. The summed E-state index contributed by atoms with van der Waals surface area (Å²) in [7, 11) is 0. The number of Topliss-reactive ketones (excluding diaryl/α,β-unsaturated/α-hetero) is 1. The van der Waals surface area contributed by atoms with Crippen LogP contribution in [-0.4, -0.2) is 11.0 Å². The lowest BCUT2D eigenvalue weighted by Gasteiger charge is -2.17. The monoisotopic (exact) mass is 452 g/mol. The molecule has 0 spiro atoms. The molecule has 0 saturated carbocycles. The topological polar surface area (TPSA) is 17.1 Å². The summed E-state index contributed by atoms with van der Waals surface area (Å²) in [6, 6.07) is 15.6. The summed E-state index contributed by atoms with van der Waals surface area (Å²) in [5.74, 6) is 0.218. The van der Waals surface area contributed by atoms with E-state index in [1.807, 2.05) is 54.2 Å². The fourth-order valence-electron chi connectivity index (χ4n) is 2.85. The molecule has 0 aliphatic rings. The summed E-state index contributed by atoms with van der Waals surface area (Å²) in [4.78, 5) is 13.6. The molecular weight excluding hydrogens is 428 g/mol. The van der Waals surface area contributed by atoms with E-state index in [0.717, 1.165) is 32.8 Å². The van der Waals surface area contributed by atoms with Gasteiger partial charge in [-0.05, 0) is 37.1 Å². The van der Waals surface area contributed by atoms with E-state index in [4.69, 9.17) is 11.6 Å². The van der Waals surface area contributed by atoms with E-state index in [1.54, 1.807) is 0 Å². The summed E-state index contributed by atoms with van der Waals surface area (Å²) in [6.45, 7) is 2.23. The lowest BCUT2D eigenvalue weighted by atomic mass is 10.0. The average Bonchev–Trinajstić information content (AvgIpc) is 2.65. The van der Waals surface area contributed by atoms with Crippen molar-refractivity contribution in [1.29, 1.82) is 0 Å². The molecule has 2 aromatic carbocycles. The number of hydrogen-bond donors (Lipinski definition) is 0. The lowest BCUT2D eigenvalue weighted by molar-refractivity contribution is 0.0979. The van der Waals surface area contributed by atoms with E-state index < -0.39 is 0 Å². The first kappa shape index (κ1) is 21.5. The van der Waals surface area contributed by atoms with Crippen molar-refractivity contribution in [3.05, 3.63) is 63.6 Å². The molecule has 1 atom stereocenters. The number of halogens is 2. The number of hydrogen-bond acceptors (Lipinski definition) is 2. The lowest BCUT2D eigenvalue weighted by Crippen LogP contribution is -2.08. The molecule has 0 aliphatic carbocycles. The molecule has 2 aromatic rings. The van der Waals surface area contributed by atoms with Crippen molar-refractivity contribution < 1.29 is 4.79 Å². The number of carbonyl (C=O) groups is 1. The molecule has 1 unspecified atom stereocenters. The number of rotatable bonds is 11. The second-order valence-corrected chi connectivity index (χ2v) is 9.15. The standard InChI is InChI=1S/C22H26BrClOS/c1-2-3-4-5-8-19(26-22-10-7-6-9-20(22)24)15-16-21(25)17-11-13-18(23)14-12-17/h6-7,9-14,19H,2-5,8,15-16H2,1H3. The molecule has 2 rings (SSSR count). The molecule has 0 amide bonds. The van der Waals surface area contributed by atoms with E-state index in [2.05, 4.69) is 28.9 Å². The molecule has 0 aromatic heterocycles. The Morgan fingerprint density at radius 2 is 1.77 bits per heavy atom.